The molecule has 1 N–H and O–H groups in total. The molecule has 0 radical (unpaired) electrons. The summed E-state index contributed by atoms with van der Waals surface area (Å²) in [4.78, 5) is 11.2. The van der Waals surface area contributed by atoms with Gasteiger partial charge >= 0.3 is 0 Å². The number of para-hydroxylation sites is 1. The van der Waals surface area contributed by atoms with Crippen LogP contribution in [0.1, 0.15) is 61.4 Å². The summed E-state index contributed by atoms with van der Waals surface area (Å²) in [5.74, 6) is 0.103. The minimum absolute atomic E-state index is 0.103. The van der Waals surface area contributed by atoms with Crippen molar-refractivity contribution < 1.29 is 9.90 Å². The van der Waals surface area contributed by atoms with Gasteiger partial charge in [0.25, 0.3) is 0 Å². The second-order valence-electron chi connectivity index (χ2n) is 4.64. The monoisotopic (exact) mass is 266 g/mol. The van der Waals surface area contributed by atoms with Crippen LogP contribution in [0.5, 0.6) is 5.75 Å². The van der Waals surface area contributed by atoms with Crippen molar-refractivity contribution in [1.82, 2.24) is 0 Å². The molecule has 2 nitrogen and oxygen atoms in total. The molecular formula is C15H22O2S. The van der Waals surface area contributed by atoms with Crippen molar-refractivity contribution in [2.45, 2.75) is 51.9 Å². The number of unbranched alkanes of at least 4 members (excludes halogenated alkanes) is 5. The highest BCUT2D eigenvalue weighted by Crippen LogP contribution is 2.25. The number of phenols is 1. The van der Waals surface area contributed by atoms with Crippen molar-refractivity contribution in [3.05, 3.63) is 29.3 Å². The van der Waals surface area contributed by atoms with Crippen molar-refractivity contribution in [1.29, 1.82) is 0 Å². The van der Waals surface area contributed by atoms with Crippen molar-refractivity contribution in [3.63, 3.8) is 0 Å². The summed E-state index contributed by atoms with van der Waals surface area (Å²) in [6.45, 7) is 2.21. The minimum Gasteiger partial charge on any atom is -0.507 e. The number of aromatic hydroxyl groups is 1. The van der Waals surface area contributed by atoms with Crippen LogP contribution in [0.25, 0.3) is 0 Å². The molecule has 0 aliphatic heterocycles. The lowest BCUT2D eigenvalue weighted by molar-refractivity contribution is 0.108. The van der Waals surface area contributed by atoms with E-state index in [2.05, 4.69) is 19.6 Å². The number of rotatable bonds is 8. The largest absolute Gasteiger partial charge is 0.507 e. The molecule has 0 atom stereocenters. The fourth-order valence-corrected chi connectivity index (χ4v) is 2.24. The Kier molecular flexibility index (Phi) is 6.88. The number of phenolic OH excluding ortho intramolecular Hbond substituents is 1. The Morgan fingerprint density at radius 1 is 1.17 bits per heavy atom. The van der Waals surface area contributed by atoms with Crippen molar-refractivity contribution in [2.24, 2.45) is 0 Å². The molecule has 1 rings (SSSR count). The molecule has 0 amide bonds. The Morgan fingerprint density at radius 3 is 2.50 bits per heavy atom. The summed E-state index contributed by atoms with van der Waals surface area (Å²) in [5, 5.41) is 9.55. The maximum atomic E-state index is 11.2. The van der Waals surface area contributed by atoms with Gasteiger partial charge in [0.05, 0.1) is 5.56 Å². The van der Waals surface area contributed by atoms with Gasteiger partial charge in [-0.2, -0.15) is 0 Å². The highest BCUT2D eigenvalue weighted by Gasteiger charge is 2.10. The van der Waals surface area contributed by atoms with Crippen LogP contribution < -0.4 is 0 Å². The third-order valence-electron chi connectivity index (χ3n) is 3.15. The van der Waals surface area contributed by atoms with E-state index in [0.717, 1.165) is 18.4 Å². The Hall–Kier alpha value is -0.960. The standard InChI is InChI=1S/C15H22O2S/c1-2-3-4-5-6-7-9-12-10-8-11-13(14(12)16)15(17)18/h8,10-11,16H,2-7,9H2,1H3,(H,17,18). The molecule has 0 bridgehead atoms. The lowest BCUT2D eigenvalue weighted by Gasteiger charge is -2.07. The number of carbonyl (C=O) groups is 1. The Balaban J connectivity index is 2.43. The topological polar surface area (TPSA) is 37.3 Å². The number of aryl methyl sites for hydroxylation is 1. The van der Waals surface area contributed by atoms with Gasteiger partial charge in [0.2, 0.25) is 5.12 Å². The first kappa shape index (κ1) is 15.1. The SMILES string of the molecule is CCCCCCCCc1cccc(C(=O)S)c1O. The normalized spacial score (nSPS) is 10.6. The molecule has 0 aliphatic rings. The van der Waals surface area contributed by atoms with Crippen LogP contribution in [-0.4, -0.2) is 10.2 Å². The summed E-state index contributed by atoms with van der Waals surface area (Å²) in [7, 11) is 0. The molecule has 18 heavy (non-hydrogen) atoms. The Bertz CT molecular complexity index is 388. The van der Waals surface area contributed by atoms with Crippen LogP contribution in [0.2, 0.25) is 0 Å². The smallest absolute Gasteiger partial charge is 0.220 e. The molecule has 0 spiro atoms. The first-order valence-corrected chi connectivity index (χ1v) is 7.15. The molecule has 0 fully saturated rings. The molecule has 0 heterocycles. The summed E-state index contributed by atoms with van der Waals surface area (Å²) in [6, 6.07) is 5.28. The maximum absolute atomic E-state index is 11.2. The van der Waals surface area contributed by atoms with E-state index in [9.17, 15) is 9.90 Å². The Morgan fingerprint density at radius 2 is 1.83 bits per heavy atom. The van der Waals surface area contributed by atoms with Crippen LogP contribution in [0.15, 0.2) is 18.2 Å². The first-order valence-electron chi connectivity index (χ1n) is 6.71. The van der Waals surface area contributed by atoms with Crippen LogP contribution in [0.4, 0.5) is 0 Å². The highest BCUT2D eigenvalue weighted by molar-refractivity contribution is 7.97. The van der Waals surface area contributed by atoms with Gasteiger partial charge in [-0.1, -0.05) is 51.2 Å². The average Bonchev–Trinajstić information content (AvgIpc) is 2.35. The summed E-state index contributed by atoms with van der Waals surface area (Å²) in [5.41, 5.74) is 1.16. The van der Waals surface area contributed by atoms with E-state index >= 15 is 0 Å². The van der Waals surface area contributed by atoms with Crippen molar-refractivity contribution >= 4 is 17.7 Å². The number of carbonyl (C=O) groups excluding carboxylic acids is 1. The van der Waals surface area contributed by atoms with E-state index in [-0.39, 0.29) is 10.9 Å². The number of thiol groups is 1. The van der Waals surface area contributed by atoms with Gasteiger partial charge < -0.3 is 5.11 Å². The average molecular weight is 266 g/mol. The zero-order valence-electron chi connectivity index (χ0n) is 11.0. The van der Waals surface area contributed by atoms with Crippen molar-refractivity contribution in [2.75, 3.05) is 0 Å². The third-order valence-corrected chi connectivity index (χ3v) is 3.39. The van der Waals surface area contributed by atoms with Gasteiger partial charge in [-0.25, -0.2) is 0 Å². The summed E-state index contributed by atoms with van der Waals surface area (Å²) < 4.78 is 0. The molecule has 0 aromatic heterocycles. The summed E-state index contributed by atoms with van der Waals surface area (Å²) >= 11 is 3.75. The second-order valence-corrected chi connectivity index (χ2v) is 5.04. The molecule has 0 saturated heterocycles. The fraction of sp³-hybridized carbons (Fsp3) is 0.533. The predicted octanol–water partition coefficient (Wildman–Crippen LogP) is 4.37. The first-order chi connectivity index (χ1) is 8.66. The van der Waals surface area contributed by atoms with E-state index in [1.54, 1.807) is 12.1 Å². The van der Waals surface area contributed by atoms with E-state index in [1.165, 1.54) is 32.1 Å². The van der Waals surface area contributed by atoms with Gasteiger partial charge in [-0.05, 0) is 24.5 Å². The van der Waals surface area contributed by atoms with E-state index < -0.39 is 0 Å². The lowest BCUT2D eigenvalue weighted by atomic mass is 10.0. The lowest BCUT2D eigenvalue weighted by Crippen LogP contribution is -1.94. The fourth-order valence-electron chi connectivity index (χ4n) is 2.06. The van der Waals surface area contributed by atoms with Crippen LogP contribution in [-0.2, 0) is 6.42 Å². The van der Waals surface area contributed by atoms with E-state index in [0.29, 0.717) is 5.56 Å². The summed E-state index contributed by atoms with van der Waals surface area (Å²) in [6.07, 6.45) is 8.16. The zero-order valence-corrected chi connectivity index (χ0v) is 11.9. The van der Waals surface area contributed by atoms with Crippen LogP contribution in [0, 0.1) is 0 Å². The molecule has 0 aliphatic carbocycles. The molecule has 0 saturated carbocycles. The molecule has 1 aromatic carbocycles. The quantitative estimate of drug-likeness (QED) is 0.541. The van der Waals surface area contributed by atoms with E-state index in [1.807, 2.05) is 6.07 Å². The van der Waals surface area contributed by atoms with Gasteiger partial charge in [-0.3, -0.25) is 4.79 Å². The minimum atomic E-state index is -0.378. The molecule has 1 aromatic rings. The third kappa shape index (κ3) is 4.73. The van der Waals surface area contributed by atoms with Crippen molar-refractivity contribution in [3.8, 4) is 5.75 Å². The number of benzene rings is 1. The highest BCUT2D eigenvalue weighted by atomic mass is 32.1. The molecular weight excluding hydrogens is 244 g/mol. The van der Waals surface area contributed by atoms with Gasteiger partial charge in [0.15, 0.2) is 0 Å². The van der Waals surface area contributed by atoms with Crippen LogP contribution in [0.3, 0.4) is 0 Å². The van der Waals surface area contributed by atoms with Gasteiger partial charge in [0, 0.05) is 0 Å². The second kappa shape index (κ2) is 8.20. The molecule has 100 valence electrons. The van der Waals surface area contributed by atoms with Gasteiger partial charge in [0.1, 0.15) is 5.75 Å². The number of hydrogen-bond donors (Lipinski definition) is 2. The molecule has 0 unspecified atom stereocenters. The number of hydrogen-bond acceptors (Lipinski definition) is 2. The predicted molar refractivity (Wildman–Crippen MR) is 78.5 cm³/mol. The maximum Gasteiger partial charge on any atom is 0.220 e. The van der Waals surface area contributed by atoms with Crippen LogP contribution >= 0.6 is 12.6 Å². The molecule has 3 heteroatoms. The van der Waals surface area contributed by atoms with Gasteiger partial charge in [-0.15, -0.1) is 12.6 Å². The Labute approximate surface area is 115 Å². The van der Waals surface area contributed by atoms with E-state index in [4.69, 9.17) is 0 Å². The zero-order chi connectivity index (χ0) is 13.4.